The van der Waals surface area contributed by atoms with Crippen molar-refractivity contribution in [1.82, 2.24) is 10.2 Å². The van der Waals surface area contributed by atoms with Crippen LogP contribution >= 0.6 is 11.6 Å². The molecule has 1 aliphatic heterocycles. The minimum absolute atomic E-state index is 0.0199. The lowest BCUT2D eigenvalue weighted by Gasteiger charge is -2.29. The number of hydrogen-bond acceptors (Lipinski definition) is 3. The molecule has 0 saturated carbocycles. The van der Waals surface area contributed by atoms with Gasteiger partial charge >= 0.3 is 0 Å². The Hall–Kier alpha value is -1.75. The van der Waals surface area contributed by atoms with E-state index in [4.69, 9.17) is 16.3 Å². The molecule has 1 heterocycles. The maximum atomic E-state index is 12.8. The molecule has 24 heavy (non-hydrogen) atoms. The monoisotopic (exact) mass is 352 g/mol. The molecule has 0 radical (unpaired) electrons. The zero-order valence-corrected chi connectivity index (χ0v) is 15.2. The molecule has 6 heteroatoms. The van der Waals surface area contributed by atoms with E-state index in [0.717, 1.165) is 12.8 Å². The van der Waals surface area contributed by atoms with Crippen molar-refractivity contribution in [1.29, 1.82) is 0 Å². The fourth-order valence-corrected chi connectivity index (χ4v) is 2.94. The average Bonchev–Trinajstić information content (AvgIpc) is 2.95. The molecule has 132 valence electrons. The molecule has 1 aromatic carbocycles. The Balaban J connectivity index is 2.11. The summed E-state index contributed by atoms with van der Waals surface area (Å²) in [6.07, 6.45) is 2.19. The normalized spacial score (nSPS) is 17.0. The summed E-state index contributed by atoms with van der Waals surface area (Å²) >= 11 is 6.23. The SMILES string of the molecule is CCCOc1ccc(C(=O)N(C[C@H]2CCC(=O)N2)C(C)C)cc1Cl. The molecule has 1 atom stereocenters. The van der Waals surface area contributed by atoms with Crippen molar-refractivity contribution in [2.45, 2.75) is 52.1 Å². The third-order valence-corrected chi connectivity index (χ3v) is 4.32. The van der Waals surface area contributed by atoms with Crippen molar-refractivity contribution in [3.05, 3.63) is 28.8 Å². The molecule has 5 nitrogen and oxygen atoms in total. The summed E-state index contributed by atoms with van der Waals surface area (Å²) < 4.78 is 5.54. The van der Waals surface area contributed by atoms with E-state index in [-0.39, 0.29) is 23.9 Å². The summed E-state index contributed by atoms with van der Waals surface area (Å²) in [6.45, 7) is 7.05. The van der Waals surface area contributed by atoms with Crippen LogP contribution in [-0.2, 0) is 4.79 Å². The molecule has 0 aliphatic carbocycles. The minimum Gasteiger partial charge on any atom is -0.492 e. The van der Waals surface area contributed by atoms with E-state index in [2.05, 4.69) is 5.32 Å². The third-order valence-electron chi connectivity index (χ3n) is 4.03. The van der Waals surface area contributed by atoms with Crippen LogP contribution in [0.2, 0.25) is 5.02 Å². The second-order valence-electron chi connectivity index (χ2n) is 6.35. The number of nitrogens with zero attached hydrogens (tertiary/aromatic N) is 1. The van der Waals surface area contributed by atoms with Crippen LogP contribution in [0.3, 0.4) is 0 Å². The molecule has 2 rings (SSSR count). The Morgan fingerprint density at radius 1 is 1.46 bits per heavy atom. The number of rotatable bonds is 7. The lowest BCUT2D eigenvalue weighted by atomic mass is 10.1. The standard InChI is InChI=1S/C18H25ClN2O3/c1-4-9-24-16-7-5-13(10-15(16)19)18(23)21(12(2)3)11-14-6-8-17(22)20-14/h5,7,10,12,14H,4,6,8-9,11H2,1-3H3,(H,20,22)/t14-/m1/s1. The van der Waals surface area contributed by atoms with Crippen LogP contribution in [0, 0.1) is 0 Å². The van der Waals surface area contributed by atoms with Gasteiger partial charge in [0.1, 0.15) is 5.75 Å². The van der Waals surface area contributed by atoms with Gasteiger partial charge in [0.2, 0.25) is 5.91 Å². The van der Waals surface area contributed by atoms with Gasteiger partial charge in [0, 0.05) is 30.6 Å². The summed E-state index contributed by atoms with van der Waals surface area (Å²) in [5.41, 5.74) is 0.530. The van der Waals surface area contributed by atoms with E-state index in [1.807, 2.05) is 20.8 Å². The predicted molar refractivity (Wildman–Crippen MR) is 94.6 cm³/mol. The number of carbonyl (C=O) groups is 2. The van der Waals surface area contributed by atoms with Gasteiger partial charge in [-0.2, -0.15) is 0 Å². The fourth-order valence-electron chi connectivity index (χ4n) is 2.71. The summed E-state index contributed by atoms with van der Waals surface area (Å²) in [7, 11) is 0. The van der Waals surface area contributed by atoms with Gasteiger partial charge in [-0.05, 0) is 44.9 Å². The van der Waals surface area contributed by atoms with Gasteiger partial charge in [0.15, 0.2) is 0 Å². The second-order valence-corrected chi connectivity index (χ2v) is 6.76. The average molecular weight is 353 g/mol. The number of ether oxygens (including phenoxy) is 1. The first kappa shape index (κ1) is 18.6. The minimum atomic E-state index is -0.0879. The Kier molecular flexibility index (Phi) is 6.49. The smallest absolute Gasteiger partial charge is 0.254 e. The first-order valence-electron chi connectivity index (χ1n) is 8.45. The van der Waals surface area contributed by atoms with Gasteiger partial charge < -0.3 is 15.0 Å². The Morgan fingerprint density at radius 2 is 2.21 bits per heavy atom. The summed E-state index contributed by atoms with van der Waals surface area (Å²) in [4.78, 5) is 26.0. The zero-order valence-electron chi connectivity index (χ0n) is 14.5. The molecular weight excluding hydrogens is 328 g/mol. The topological polar surface area (TPSA) is 58.6 Å². The van der Waals surface area contributed by atoms with Crippen LogP contribution in [0.1, 0.15) is 50.4 Å². The summed E-state index contributed by atoms with van der Waals surface area (Å²) in [6, 6.07) is 5.18. The Labute approximate surface area is 148 Å². The Morgan fingerprint density at radius 3 is 2.75 bits per heavy atom. The molecular formula is C18H25ClN2O3. The summed E-state index contributed by atoms with van der Waals surface area (Å²) in [5.74, 6) is 0.556. The highest BCUT2D eigenvalue weighted by Crippen LogP contribution is 2.26. The Bertz CT molecular complexity index is 604. The number of halogens is 1. The molecule has 1 aromatic rings. The van der Waals surface area contributed by atoms with E-state index in [9.17, 15) is 9.59 Å². The number of amides is 2. The van der Waals surface area contributed by atoms with E-state index in [1.54, 1.807) is 23.1 Å². The second kappa shape index (κ2) is 8.38. The van der Waals surface area contributed by atoms with E-state index < -0.39 is 0 Å². The van der Waals surface area contributed by atoms with E-state index >= 15 is 0 Å². The van der Waals surface area contributed by atoms with Crippen LogP contribution in [0.5, 0.6) is 5.75 Å². The first-order valence-corrected chi connectivity index (χ1v) is 8.82. The molecule has 1 saturated heterocycles. The van der Waals surface area contributed by atoms with Crippen LogP contribution in [0.15, 0.2) is 18.2 Å². The molecule has 0 aromatic heterocycles. The molecule has 1 aliphatic rings. The predicted octanol–water partition coefficient (Wildman–Crippen LogP) is 3.26. The van der Waals surface area contributed by atoms with Crippen LogP contribution in [0.25, 0.3) is 0 Å². The third kappa shape index (κ3) is 4.63. The maximum Gasteiger partial charge on any atom is 0.254 e. The molecule has 0 unspecified atom stereocenters. The van der Waals surface area contributed by atoms with Gasteiger partial charge in [0.05, 0.1) is 11.6 Å². The maximum absolute atomic E-state index is 12.8. The molecule has 0 bridgehead atoms. The van der Waals surface area contributed by atoms with Crippen LogP contribution in [0.4, 0.5) is 0 Å². The lowest BCUT2D eigenvalue weighted by Crippen LogP contribution is -2.45. The quantitative estimate of drug-likeness (QED) is 0.819. The zero-order chi connectivity index (χ0) is 17.7. The van der Waals surface area contributed by atoms with Crippen LogP contribution < -0.4 is 10.1 Å². The number of nitrogens with one attached hydrogen (secondary N) is 1. The fraction of sp³-hybridized carbons (Fsp3) is 0.556. The highest BCUT2D eigenvalue weighted by Gasteiger charge is 2.27. The highest BCUT2D eigenvalue weighted by molar-refractivity contribution is 6.32. The molecule has 0 spiro atoms. The van der Waals surface area contributed by atoms with Gasteiger partial charge in [0.25, 0.3) is 5.91 Å². The van der Waals surface area contributed by atoms with Crippen molar-refractivity contribution in [3.63, 3.8) is 0 Å². The summed E-state index contributed by atoms with van der Waals surface area (Å²) in [5, 5.41) is 3.35. The van der Waals surface area contributed by atoms with Crippen molar-refractivity contribution in [2.75, 3.05) is 13.2 Å². The largest absolute Gasteiger partial charge is 0.492 e. The van der Waals surface area contributed by atoms with Crippen molar-refractivity contribution >= 4 is 23.4 Å². The number of benzene rings is 1. The van der Waals surface area contributed by atoms with Gasteiger partial charge in [-0.3, -0.25) is 9.59 Å². The molecule has 1 fully saturated rings. The first-order chi connectivity index (χ1) is 11.4. The van der Waals surface area contributed by atoms with Gasteiger partial charge in [-0.15, -0.1) is 0 Å². The van der Waals surface area contributed by atoms with Crippen molar-refractivity contribution in [2.24, 2.45) is 0 Å². The van der Waals surface area contributed by atoms with Crippen LogP contribution in [-0.4, -0.2) is 41.9 Å². The number of hydrogen-bond donors (Lipinski definition) is 1. The van der Waals surface area contributed by atoms with Gasteiger partial charge in [-0.1, -0.05) is 18.5 Å². The lowest BCUT2D eigenvalue weighted by molar-refractivity contribution is -0.119. The van der Waals surface area contributed by atoms with Gasteiger partial charge in [-0.25, -0.2) is 0 Å². The number of carbonyl (C=O) groups excluding carboxylic acids is 2. The van der Waals surface area contributed by atoms with Crippen molar-refractivity contribution < 1.29 is 14.3 Å². The molecule has 1 N–H and O–H groups in total. The molecule has 2 amide bonds. The van der Waals surface area contributed by atoms with Crippen molar-refractivity contribution in [3.8, 4) is 5.75 Å². The van der Waals surface area contributed by atoms with E-state index in [0.29, 0.717) is 35.9 Å². The van der Waals surface area contributed by atoms with E-state index in [1.165, 1.54) is 0 Å². The highest BCUT2D eigenvalue weighted by atomic mass is 35.5.